The maximum Gasteiger partial charge on any atom is 0.328 e. The number of hydrogen-bond donors (Lipinski definition) is 3. The molecule has 1 heterocycles. The molecule has 0 aliphatic rings. The number of esters is 1. The second-order valence-corrected chi connectivity index (χ2v) is 4.16. The largest absolute Gasteiger partial charge is 0.423 e. The standard InChI is InChI=1S/C13H17N3O2/c14-7-3-5-10(15)13(17)18-12-8-16-11-6-2-1-4-9(11)12/h1-2,4,6,8,10,16H,3,5,7,14-15H2/t10-/m1/s1. The van der Waals surface area contributed by atoms with Gasteiger partial charge in [-0.2, -0.15) is 0 Å². The van der Waals surface area contributed by atoms with Crippen molar-refractivity contribution in [3.8, 4) is 5.75 Å². The quantitative estimate of drug-likeness (QED) is 0.690. The van der Waals surface area contributed by atoms with Gasteiger partial charge in [0.05, 0.1) is 0 Å². The maximum absolute atomic E-state index is 11.8. The summed E-state index contributed by atoms with van der Waals surface area (Å²) in [6.07, 6.45) is 2.92. The topological polar surface area (TPSA) is 94.1 Å². The molecule has 1 aromatic heterocycles. The third kappa shape index (κ3) is 2.69. The summed E-state index contributed by atoms with van der Waals surface area (Å²) in [7, 11) is 0. The number of H-pyrrole nitrogens is 1. The van der Waals surface area contributed by atoms with Crippen LogP contribution in [-0.2, 0) is 4.79 Å². The van der Waals surface area contributed by atoms with Crippen LogP contribution in [0.1, 0.15) is 12.8 Å². The summed E-state index contributed by atoms with van der Waals surface area (Å²) in [5, 5.41) is 0.872. The summed E-state index contributed by atoms with van der Waals surface area (Å²) in [6.45, 7) is 0.522. The molecule has 96 valence electrons. The van der Waals surface area contributed by atoms with E-state index in [9.17, 15) is 4.79 Å². The fraction of sp³-hybridized carbons (Fsp3) is 0.308. The van der Waals surface area contributed by atoms with Crippen LogP contribution in [0.4, 0.5) is 0 Å². The van der Waals surface area contributed by atoms with Crippen molar-refractivity contribution in [3.05, 3.63) is 30.5 Å². The molecule has 1 aromatic carbocycles. The van der Waals surface area contributed by atoms with E-state index in [1.807, 2.05) is 24.3 Å². The van der Waals surface area contributed by atoms with Gasteiger partial charge in [0.1, 0.15) is 6.04 Å². The van der Waals surface area contributed by atoms with Crippen molar-refractivity contribution in [2.75, 3.05) is 6.54 Å². The van der Waals surface area contributed by atoms with Gasteiger partial charge in [0, 0.05) is 17.1 Å². The lowest BCUT2D eigenvalue weighted by Crippen LogP contribution is -2.34. The second-order valence-electron chi connectivity index (χ2n) is 4.16. The van der Waals surface area contributed by atoms with Crippen molar-refractivity contribution in [1.29, 1.82) is 0 Å². The molecule has 0 radical (unpaired) electrons. The first kappa shape index (κ1) is 12.6. The Bertz CT molecular complexity index is 536. The van der Waals surface area contributed by atoms with Crippen molar-refractivity contribution in [2.45, 2.75) is 18.9 Å². The van der Waals surface area contributed by atoms with Gasteiger partial charge in [-0.25, -0.2) is 4.79 Å². The number of nitrogens with one attached hydrogen (secondary N) is 1. The SMILES string of the molecule is NCCC[C@@H](N)C(=O)Oc1c[nH]c2ccccc12. The third-order valence-corrected chi connectivity index (χ3v) is 2.78. The highest BCUT2D eigenvalue weighted by molar-refractivity contribution is 5.89. The molecule has 5 N–H and O–H groups in total. The van der Waals surface area contributed by atoms with Crippen molar-refractivity contribution in [3.63, 3.8) is 0 Å². The lowest BCUT2D eigenvalue weighted by molar-refractivity contribution is -0.135. The molecule has 0 spiro atoms. The van der Waals surface area contributed by atoms with Crippen LogP contribution in [0.2, 0.25) is 0 Å². The number of aromatic amines is 1. The maximum atomic E-state index is 11.8. The van der Waals surface area contributed by atoms with Crippen LogP contribution in [0, 0.1) is 0 Å². The van der Waals surface area contributed by atoms with E-state index >= 15 is 0 Å². The van der Waals surface area contributed by atoms with Gasteiger partial charge in [0.15, 0.2) is 5.75 Å². The zero-order chi connectivity index (χ0) is 13.0. The molecule has 2 rings (SSSR count). The number of aromatic nitrogens is 1. The molecule has 0 aliphatic carbocycles. The predicted octanol–water partition coefficient (Wildman–Crippen LogP) is 1.14. The molecular formula is C13H17N3O2. The van der Waals surface area contributed by atoms with Gasteiger partial charge in [-0.05, 0) is 31.5 Å². The van der Waals surface area contributed by atoms with Crippen molar-refractivity contribution in [1.82, 2.24) is 4.98 Å². The van der Waals surface area contributed by atoms with Crippen molar-refractivity contribution >= 4 is 16.9 Å². The summed E-state index contributed by atoms with van der Waals surface area (Å²) in [4.78, 5) is 14.8. The minimum absolute atomic E-state index is 0.423. The van der Waals surface area contributed by atoms with Crippen LogP contribution >= 0.6 is 0 Å². The lowest BCUT2D eigenvalue weighted by Gasteiger charge is -2.09. The third-order valence-electron chi connectivity index (χ3n) is 2.78. The molecule has 1 atom stereocenters. The Balaban J connectivity index is 2.07. The Labute approximate surface area is 105 Å². The highest BCUT2D eigenvalue weighted by atomic mass is 16.5. The number of hydrogen-bond acceptors (Lipinski definition) is 4. The number of carbonyl (C=O) groups is 1. The van der Waals surface area contributed by atoms with Crippen LogP contribution < -0.4 is 16.2 Å². The number of benzene rings is 1. The number of nitrogens with two attached hydrogens (primary N) is 2. The van der Waals surface area contributed by atoms with Gasteiger partial charge >= 0.3 is 5.97 Å². The van der Waals surface area contributed by atoms with E-state index in [0.717, 1.165) is 10.9 Å². The Hall–Kier alpha value is -1.85. The number of rotatable bonds is 5. The molecular weight excluding hydrogens is 230 g/mol. The highest BCUT2D eigenvalue weighted by Crippen LogP contribution is 2.25. The molecule has 18 heavy (non-hydrogen) atoms. The van der Waals surface area contributed by atoms with E-state index in [1.165, 1.54) is 0 Å². The molecule has 0 saturated carbocycles. The van der Waals surface area contributed by atoms with E-state index in [1.54, 1.807) is 6.20 Å². The average molecular weight is 247 g/mol. The first-order chi connectivity index (χ1) is 8.72. The van der Waals surface area contributed by atoms with Gasteiger partial charge in [-0.15, -0.1) is 0 Å². The monoisotopic (exact) mass is 247 g/mol. The van der Waals surface area contributed by atoms with E-state index < -0.39 is 12.0 Å². The Morgan fingerprint density at radius 1 is 1.39 bits per heavy atom. The predicted molar refractivity (Wildman–Crippen MR) is 70.2 cm³/mol. The second kappa shape index (κ2) is 5.66. The van der Waals surface area contributed by atoms with Gasteiger partial charge in [0.25, 0.3) is 0 Å². The van der Waals surface area contributed by atoms with Crippen molar-refractivity contribution < 1.29 is 9.53 Å². The van der Waals surface area contributed by atoms with E-state index in [4.69, 9.17) is 16.2 Å². The molecule has 0 bridgehead atoms. The molecule has 2 aromatic rings. The lowest BCUT2D eigenvalue weighted by atomic mass is 10.2. The zero-order valence-corrected chi connectivity index (χ0v) is 10.1. The van der Waals surface area contributed by atoms with Crippen molar-refractivity contribution in [2.24, 2.45) is 11.5 Å². The molecule has 5 heteroatoms. The van der Waals surface area contributed by atoms with E-state index in [-0.39, 0.29) is 0 Å². The zero-order valence-electron chi connectivity index (χ0n) is 10.1. The molecule has 0 aliphatic heterocycles. The molecule has 0 amide bonds. The van der Waals surface area contributed by atoms with E-state index in [2.05, 4.69) is 4.98 Å². The van der Waals surface area contributed by atoms with Crippen LogP contribution in [0.15, 0.2) is 30.5 Å². The van der Waals surface area contributed by atoms with Gasteiger partial charge < -0.3 is 21.2 Å². The van der Waals surface area contributed by atoms with Crippen LogP contribution in [0.3, 0.4) is 0 Å². The summed E-state index contributed by atoms with van der Waals surface area (Å²) >= 11 is 0. The number of para-hydroxylation sites is 1. The number of fused-ring (bicyclic) bond motifs is 1. The van der Waals surface area contributed by atoms with Crippen LogP contribution in [0.5, 0.6) is 5.75 Å². The summed E-state index contributed by atoms with van der Waals surface area (Å²) in [5.41, 5.74) is 12.0. The number of carbonyl (C=O) groups excluding carboxylic acids is 1. The number of ether oxygens (including phenoxy) is 1. The normalized spacial score (nSPS) is 12.6. The van der Waals surface area contributed by atoms with Gasteiger partial charge in [-0.1, -0.05) is 12.1 Å². The van der Waals surface area contributed by atoms with E-state index in [0.29, 0.717) is 25.1 Å². The fourth-order valence-electron chi connectivity index (χ4n) is 1.77. The first-order valence-corrected chi connectivity index (χ1v) is 5.96. The minimum Gasteiger partial charge on any atom is -0.423 e. The summed E-state index contributed by atoms with van der Waals surface area (Å²) in [6, 6.07) is 6.99. The Kier molecular flexibility index (Phi) is 3.96. The molecule has 0 unspecified atom stereocenters. The molecule has 5 nitrogen and oxygen atoms in total. The average Bonchev–Trinajstić information content (AvgIpc) is 2.79. The summed E-state index contributed by atoms with van der Waals surface area (Å²) < 4.78 is 5.29. The molecule has 0 saturated heterocycles. The van der Waals surface area contributed by atoms with Gasteiger partial charge in [-0.3, -0.25) is 0 Å². The van der Waals surface area contributed by atoms with Crippen LogP contribution in [-0.4, -0.2) is 23.5 Å². The smallest absolute Gasteiger partial charge is 0.328 e. The molecule has 0 fully saturated rings. The Morgan fingerprint density at radius 2 is 2.17 bits per heavy atom. The first-order valence-electron chi connectivity index (χ1n) is 5.96. The van der Waals surface area contributed by atoms with Crippen LogP contribution in [0.25, 0.3) is 10.9 Å². The minimum atomic E-state index is -0.623. The highest BCUT2D eigenvalue weighted by Gasteiger charge is 2.16. The Morgan fingerprint density at radius 3 is 2.94 bits per heavy atom. The summed E-state index contributed by atoms with van der Waals surface area (Å²) in [5.74, 6) is 0.0898. The van der Waals surface area contributed by atoms with Gasteiger partial charge in [0.2, 0.25) is 0 Å². The fourth-order valence-corrected chi connectivity index (χ4v) is 1.77.